The van der Waals surface area contributed by atoms with Crippen molar-refractivity contribution in [2.24, 2.45) is 34.5 Å². The summed E-state index contributed by atoms with van der Waals surface area (Å²) < 4.78 is 0. The number of carbonyl (C=O) groups excluding carboxylic acids is 2. The van der Waals surface area contributed by atoms with E-state index in [4.69, 9.17) is 0 Å². The van der Waals surface area contributed by atoms with Crippen LogP contribution in [-0.2, 0) is 9.59 Å². The molecule has 4 rings (SSSR count). The van der Waals surface area contributed by atoms with Crippen LogP contribution < -0.4 is 0 Å². The number of hydrogen-bond donors (Lipinski definition) is 1. The van der Waals surface area contributed by atoms with Crippen LogP contribution in [0.4, 0.5) is 0 Å². The second-order valence-corrected chi connectivity index (χ2v) is 9.66. The fourth-order valence-corrected chi connectivity index (χ4v) is 7.62. The molecule has 4 aliphatic carbocycles. The number of hydrogen-bond acceptors (Lipinski definition) is 3. The second kappa shape index (κ2) is 5.77. The second-order valence-electron chi connectivity index (χ2n) is 9.66. The van der Waals surface area contributed by atoms with E-state index in [1.807, 2.05) is 6.92 Å². The molecule has 25 heavy (non-hydrogen) atoms. The number of aliphatic hydroxyl groups is 1. The van der Waals surface area contributed by atoms with E-state index in [0.29, 0.717) is 30.0 Å². The fourth-order valence-electron chi connectivity index (χ4n) is 7.62. The summed E-state index contributed by atoms with van der Waals surface area (Å²) in [4.78, 5) is 24.5. The number of rotatable bonds is 2. The van der Waals surface area contributed by atoms with E-state index in [2.05, 4.69) is 13.8 Å². The molecule has 3 fully saturated rings. The molecule has 0 bridgehead atoms. The van der Waals surface area contributed by atoms with Crippen molar-refractivity contribution in [3.8, 4) is 0 Å². The van der Waals surface area contributed by atoms with Crippen LogP contribution in [0.15, 0.2) is 11.1 Å². The number of Topliss-reactive ketones (excluding diaryl/α,β-unsaturated/α-hetero) is 2. The molecule has 4 aliphatic rings. The molecule has 0 unspecified atom stereocenters. The molecule has 138 valence electrons. The summed E-state index contributed by atoms with van der Waals surface area (Å²) in [5, 5.41) is 9.39. The van der Waals surface area contributed by atoms with Crippen LogP contribution in [0.1, 0.15) is 72.1 Å². The molecule has 0 heterocycles. The van der Waals surface area contributed by atoms with E-state index in [1.54, 1.807) is 0 Å². The Morgan fingerprint density at radius 2 is 1.84 bits per heavy atom. The normalized spacial score (nSPS) is 46.5. The Labute approximate surface area is 151 Å². The van der Waals surface area contributed by atoms with Crippen LogP contribution in [-0.4, -0.2) is 23.3 Å². The van der Waals surface area contributed by atoms with Crippen LogP contribution in [0, 0.1) is 34.5 Å². The van der Waals surface area contributed by atoms with Gasteiger partial charge in [0, 0.05) is 12.3 Å². The monoisotopic (exact) mass is 344 g/mol. The first-order valence-electron chi connectivity index (χ1n) is 10.2. The number of fused-ring (bicyclic) bond motifs is 5. The van der Waals surface area contributed by atoms with Gasteiger partial charge < -0.3 is 5.11 Å². The zero-order valence-electron chi connectivity index (χ0n) is 15.9. The van der Waals surface area contributed by atoms with Gasteiger partial charge in [-0.2, -0.15) is 0 Å². The molecule has 3 heteroatoms. The van der Waals surface area contributed by atoms with Gasteiger partial charge in [0.25, 0.3) is 0 Å². The average Bonchev–Trinajstić information content (AvgIpc) is 2.95. The summed E-state index contributed by atoms with van der Waals surface area (Å²) >= 11 is 0. The fraction of sp³-hybridized carbons (Fsp3) is 0.818. The Bertz CT molecular complexity index is 648. The van der Waals surface area contributed by atoms with Crippen molar-refractivity contribution in [2.45, 2.75) is 72.1 Å². The van der Waals surface area contributed by atoms with Gasteiger partial charge in [0.05, 0.1) is 0 Å². The van der Waals surface area contributed by atoms with Crippen molar-refractivity contribution in [3.05, 3.63) is 11.1 Å². The molecule has 0 radical (unpaired) electrons. The maximum absolute atomic E-state index is 12.3. The van der Waals surface area contributed by atoms with Crippen molar-refractivity contribution in [2.75, 3.05) is 6.61 Å². The minimum absolute atomic E-state index is 0.0582. The van der Waals surface area contributed by atoms with Gasteiger partial charge in [-0.15, -0.1) is 0 Å². The first-order valence-corrected chi connectivity index (χ1v) is 10.2. The van der Waals surface area contributed by atoms with E-state index in [9.17, 15) is 14.7 Å². The van der Waals surface area contributed by atoms with Crippen LogP contribution in [0.5, 0.6) is 0 Å². The third kappa shape index (κ3) is 2.27. The molecule has 0 saturated heterocycles. The molecule has 0 aromatic carbocycles. The Balaban J connectivity index is 1.67. The highest BCUT2D eigenvalue weighted by Crippen LogP contribution is 2.67. The summed E-state index contributed by atoms with van der Waals surface area (Å²) in [6.07, 6.45) is 8.35. The predicted octanol–water partition coefficient (Wildman–Crippen LogP) is 4.09. The Morgan fingerprint density at radius 1 is 1.08 bits per heavy atom. The third-order valence-electron chi connectivity index (χ3n) is 8.96. The minimum Gasteiger partial charge on any atom is -0.389 e. The lowest BCUT2D eigenvalue weighted by Gasteiger charge is -2.58. The van der Waals surface area contributed by atoms with Gasteiger partial charge in [-0.05, 0) is 86.0 Å². The lowest BCUT2D eigenvalue weighted by Crippen LogP contribution is -2.51. The van der Waals surface area contributed by atoms with Gasteiger partial charge in [0.2, 0.25) is 0 Å². The Morgan fingerprint density at radius 3 is 2.56 bits per heavy atom. The van der Waals surface area contributed by atoms with Crippen molar-refractivity contribution < 1.29 is 14.7 Å². The first-order chi connectivity index (χ1) is 11.8. The largest absolute Gasteiger partial charge is 0.389 e. The maximum atomic E-state index is 12.3. The summed E-state index contributed by atoms with van der Waals surface area (Å²) in [6, 6.07) is 0. The highest BCUT2D eigenvalue weighted by Gasteiger charge is 2.60. The van der Waals surface area contributed by atoms with E-state index in [-0.39, 0.29) is 29.1 Å². The first kappa shape index (κ1) is 17.5. The maximum Gasteiger partial charge on any atom is 0.161 e. The van der Waals surface area contributed by atoms with E-state index in [1.165, 1.54) is 18.4 Å². The van der Waals surface area contributed by atoms with E-state index < -0.39 is 0 Å². The lowest BCUT2D eigenvalue weighted by molar-refractivity contribution is -0.133. The van der Waals surface area contributed by atoms with Crippen LogP contribution in [0.3, 0.4) is 0 Å². The molecule has 0 amide bonds. The molecule has 0 aromatic heterocycles. The summed E-state index contributed by atoms with van der Waals surface area (Å²) in [5.74, 6) is 2.45. The summed E-state index contributed by atoms with van der Waals surface area (Å²) in [6.45, 7) is 6.49. The van der Waals surface area contributed by atoms with E-state index in [0.717, 1.165) is 37.7 Å². The van der Waals surface area contributed by atoms with E-state index >= 15 is 0 Å². The minimum atomic E-state index is -0.299. The lowest BCUT2D eigenvalue weighted by atomic mass is 9.46. The van der Waals surface area contributed by atoms with Gasteiger partial charge in [-0.25, -0.2) is 0 Å². The van der Waals surface area contributed by atoms with Crippen LogP contribution in [0.2, 0.25) is 0 Å². The van der Waals surface area contributed by atoms with Crippen LogP contribution >= 0.6 is 0 Å². The quantitative estimate of drug-likeness (QED) is 0.821. The number of ketones is 2. The Kier molecular flexibility index (Phi) is 4.03. The molecular weight excluding hydrogens is 312 g/mol. The summed E-state index contributed by atoms with van der Waals surface area (Å²) in [7, 11) is 0. The molecule has 0 aliphatic heterocycles. The Hall–Kier alpha value is -0.960. The van der Waals surface area contributed by atoms with Crippen LogP contribution in [0.25, 0.3) is 0 Å². The van der Waals surface area contributed by atoms with Crippen molar-refractivity contribution >= 4 is 11.6 Å². The zero-order valence-corrected chi connectivity index (χ0v) is 15.9. The molecule has 3 saturated carbocycles. The standard InChI is InChI=1S/C22H32O3/c1-13-15-5-4-14-16-6-7-18(20(25)12-23)22(16,3)10-8-17(14)21(15,2)11-9-19(13)24/h14,16-18,23H,4-12H2,1-3H3/t14-,16-,17-,18+,21-,22-/m0/s1. The smallest absolute Gasteiger partial charge is 0.161 e. The number of aliphatic hydroxyl groups excluding tert-OH is 1. The molecule has 0 aromatic rings. The van der Waals surface area contributed by atoms with Gasteiger partial charge in [-0.1, -0.05) is 19.4 Å². The number of carbonyl (C=O) groups is 2. The topological polar surface area (TPSA) is 54.4 Å². The predicted molar refractivity (Wildman–Crippen MR) is 96.9 cm³/mol. The van der Waals surface area contributed by atoms with Crippen molar-refractivity contribution in [3.63, 3.8) is 0 Å². The molecular formula is C22H32O3. The van der Waals surface area contributed by atoms with Gasteiger partial charge in [-0.3, -0.25) is 9.59 Å². The van der Waals surface area contributed by atoms with Crippen molar-refractivity contribution in [1.82, 2.24) is 0 Å². The van der Waals surface area contributed by atoms with Gasteiger partial charge in [0.15, 0.2) is 11.6 Å². The van der Waals surface area contributed by atoms with Gasteiger partial charge >= 0.3 is 0 Å². The highest BCUT2D eigenvalue weighted by molar-refractivity contribution is 5.96. The SMILES string of the molecule is CC1=C2CC[C@H]3[C@@H]4CC[C@H](C(=O)CO)[C@@]4(C)CC[C@@H]3[C@@]2(C)CCC1=O. The molecule has 0 spiro atoms. The number of allylic oxidation sites excluding steroid dienone is 1. The molecule has 3 nitrogen and oxygen atoms in total. The summed E-state index contributed by atoms with van der Waals surface area (Å²) in [5.41, 5.74) is 2.79. The molecule has 6 atom stereocenters. The third-order valence-corrected chi connectivity index (χ3v) is 8.96. The highest BCUT2D eigenvalue weighted by atomic mass is 16.3. The van der Waals surface area contributed by atoms with Crippen molar-refractivity contribution in [1.29, 1.82) is 0 Å². The average molecular weight is 344 g/mol. The van der Waals surface area contributed by atoms with Gasteiger partial charge in [0.1, 0.15) is 6.61 Å². The zero-order chi connectivity index (χ0) is 18.0. The molecule has 1 N–H and O–H groups in total.